The highest BCUT2D eigenvalue weighted by molar-refractivity contribution is 6.05. The third-order valence-corrected chi connectivity index (χ3v) is 2.54. The Kier molecular flexibility index (Phi) is 3.33. The summed E-state index contributed by atoms with van der Waals surface area (Å²) in [4.78, 5) is 26.0. The Bertz CT molecular complexity index is 665. The van der Waals surface area contributed by atoms with Crippen LogP contribution in [0.3, 0.4) is 0 Å². The van der Waals surface area contributed by atoms with E-state index >= 15 is 0 Å². The zero-order chi connectivity index (χ0) is 14.0. The maximum atomic E-state index is 11.2. The topological polar surface area (TPSA) is 96.7 Å². The van der Waals surface area contributed by atoms with E-state index in [-0.39, 0.29) is 11.3 Å². The van der Waals surface area contributed by atoms with E-state index < -0.39 is 11.9 Å². The van der Waals surface area contributed by atoms with Crippen LogP contribution in [0.5, 0.6) is 5.75 Å². The molecule has 2 rings (SSSR count). The molecule has 0 aliphatic heterocycles. The number of pyridine rings is 1. The van der Waals surface area contributed by atoms with Crippen molar-refractivity contribution in [2.24, 2.45) is 0 Å². The van der Waals surface area contributed by atoms with Gasteiger partial charge in [0.2, 0.25) is 0 Å². The molecule has 19 heavy (non-hydrogen) atoms. The monoisotopic (exact) mass is 261 g/mol. The van der Waals surface area contributed by atoms with Gasteiger partial charge in [-0.05, 0) is 31.2 Å². The first-order chi connectivity index (χ1) is 9.02. The van der Waals surface area contributed by atoms with E-state index in [2.05, 4.69) is 4.98 Å². The summed E-state index contributed by atoms with van der Waals surface area (Å²) in [7, 11) is 0. The van der Waals surface area contributed by atoms with E-state index in [1.807, 2.05) is 6.92 Å². The van der Waals surface area contributed by atoms with Crippen LogP contribution in [0.15, 0.2) is 24.3 Å². The van der Waals surface area contributed by atoms with Crippen LogP contribution >= 0.6 is 0 Å². The Labute approximate surface area is 108 Å². The van der Waals surface area contributed by atoms with E-state index in [1.165, 1.54) is 0 Å². The standard InChI is InChI=1S/C13H11NO5/c1-2-19-7-3-4-10-8(5-7)9(12(15)16)6-11(14-10)13(17)18/h3-6H,2H2,1H3,(H,15,16)(H,17,18). The van der Waals surface area contributed by atoms with Crippen LogP contribution in [0.25, 0.3) is 10.9 Å². The van der Waals surface area contributed by atoms with Crippen molar-refractivity contribution < 1.29 is 24.5 Å². The molecule has 6 heteroatoms. The number of fused-ring (bicyclic) bond motifs is 1. The van der Waals surface area contributed by atoms with Gasteiger partial charge in [0.05, 0.1) is 17.7 Å². The summed E-state index contributed by atoms with van der Waals surface area (Å²) >= 11 is 0. The summed E-state index contributed by atoms with van der Waals surface area (Å²) in [5.41, 5.74) is -0.0984. The number of carboxylic acids is 2. The van der Waals surface area contributed by atoms with Crippen LogP contribution in [0, 0.1) is 0 Å². The van der Waals surface area contributed by atoms with Crippen LogP contribution < -0.4 is 4.74 Å². The van der Waals surface area contributed by atoms with Crippen molar-refractivity contribution in [1.82, 2.24) is 4.98 Å². The van der Waals surface area contributed by atoms with Gasteiger partial charge in [0, 0.05) is 5.39 Å². The number of benzene rings is 1. The molecule has 98 valence electrons. The third kappa shape index (κ3) is 2.47. The number of rotatable bonds is 4. The van der Waals surface area contributed by atoms with Gasteiger partial charge in [0.1, 0.15) is 11.4 Å². The molecule has 0 amide bonds. The Morgan fingerprint density at radius 3 is 2.53 bits per heavy atom. The second-order valence-electron chi connectivity index (χ2n) is 3.78. The van der Waals surface area contributed by atoms with Crippen LogP contribution in [-0.4, -0.2) is 33.7 Å². The van der Waals surface area contributed by atoms with Gasteiger partial charge in [-0.15, -0.1) is 0 Å². The van der Waals surface area contributed by atoms with E-state index in [9.17, 15) is 9.59 Å². The third-order valence-electron chi connectivity index (χ3n) is 2.54. The van der Waals surface area contributed by atoms with Crippen LogP contribution in [0.4, 0.5) is 0 Å². The van der Waals surface area contributed by atoms with Gasteiger partial charge in [0.25, 0.3) is 0 Å². The molecule has 6 nitrogen and oxygen atoms in total. The molecule has 1 aromatic heterocycles. The maximum absolute atomic E-state index is 11.2. The lowest BCUT2D eigenvalue weighted by atomic mass is 10.1. The van der Waals surface area contributed by atoms with Crippen LogP contribution in [-0.2, 0) is 0 Å². The molecular formula is C13H11NO5. The van der Waals surface area contributed by atoms with Crippen molar-refractivity contribution in [3.05, 3.63) is 35.5 Å². The summed E-state index contributed by atoms with van der Waals surface area (Å²) in [6.07, 6.45) is 0. The SMILES string of the molecule is CCOc1ccc2nc(C(=O)O)cc(C(=O)O)c2c1. The molecule has 0 fully saturated rings. The minimum Gasteiger partial charge on any atom is -0.494 e. The predicted octanol–water partition coefficient (Wildman–Crippen LogP) is 2.03. The number of ether oxygens (including phenoxy) is 1. The molecule has 0 unspecified atom stereocenters. The Morgan fingerprint density at radius 2 is 1.95 bits per heavy atom. The average molecular weight is 261 g/mol. The largest absolute Gasteiger partial charge is 0.494 e. The van der Waals surface area contributed by atoms with E-state index in [4.69, 9.17) is 14.9 Å². The van der Waals surface area contributed by atoms with E-state index in [0.29, 0.717) is 23.3 Å². The Morgan fingerprint density at radius 1 is 1.21 bits per heavy atom. The van der Waals surface area contributed by atoms with Crippen molar-refractivity contribution in [2.45, 2.75) is 6.92 Å². The lowest BCUT2D eigenvalue weighted by Gasteiger charge is -2.07. The lowest BCUT2D eigenvalue weighted by Crippen LogP contribution is -2.06. The molecule has 2 aromatic rings. The van der Waals surface area contributed by atoms with Gasteiger partial charge in [0.15, 0.2) is 0 Å². The fourth-order valence-electron chi connectivity index (χ4n) is 1.75. The molecule has 0 bridgehead atoms. The molecule has 1 aromatic carbocycles. The number of aromatic carboxylic acids is 2. The fourth-order valence-corrected chi connectivity index (χ4v) is 1.75. The number of carboxylic acid groups (broad SMARTS) is 2. The highest BCUT2D eigenvalue weighted by Crippen LogP contribution is 2.24. The van der Waals surface area contributed by atoms with Crippen molar-refractivity contribution >= 4 is 22.8 Å². The van der Waals surface area contributed by atoms with E-state index in [0.717, 1.165) is 6.07 Å². The van der Waals surface area contributed by atoms with Crippen LogP contribution in [0.2, 0.25) is 0 Å². The highest BCUT2D eigenvalue weighted by Gasteiger charge is 2.15. The van der Waals surface area contributed by atoms with Crippen molar-refractivity contribution in [2.75, 3.05) is 6.61 Å². The molecule has 0 aliphatic rings. The van der Waals surface area contributed by atoms with Crippen molar-refractivity contribution in [3.8, 4) is 5.75 Å². The minimum atomic E-state index is -1.27. The van der Waals surface area contributed by atoms with E-state index in [1.54, 1.807) is 18.2 Å². The summed E-state index contributed by atoms with van der Waals surface area (Å²) in [5.74, 6) is -1.95. The minimum absolute atomic E-state index is 0.107. The molecule has 1 heterocycles. The predicted molar refractivity (Wildman–Crippen MR) is 66.8 cm³/mol. The first-order valence-corrected chi connectivity index (χ1v) is 5.57. The summed E-state index contributed by atoms with van der Waals surface area (Å²) < 4.78 is 5.29. The van der Waals surface area contributed by atoms with Crippen molar-refractivity contribution in [1.29, 1.82) is 0 Å². The molecule has 0 radical (unpaired) electrons. The van der Waals surface area contributed by atoms with Gasteiger partial charge in [-0.25, -0.2) is 14.6 Å². The first-order valence-electron chi connectivity index (χ1n) is 5.57. The number of carbonyl (C=O) groups is 2. The number of nitrogens with zero attached hydrogens (tertiary/aromatic N) is 1. The molecular weight excluding hydrogens is 250 g/mol. The first kappa shape index (κ1) is 12.8. The maximum Gasteiger partial charge on any atom is 0.354 e. The van der Waals surface area contributed by atoms with Crippen molar-refractivity contribution in [3.63, 3.8) is 0 Å². The van der Waals surface area contributed by atoms with Crippen LogP contribution in [0.1, 0.15) is 27.8 Å². The molecule has 2 N–H and O–H groups in total. The molecule has 0 atom stereocenters. The second kappa shape index (κ2) is 4.93. The summed E-state index contributed by atoms with van der Waals surface area (Å²) in [6.45, 7) is 2.27. The number of hydrogen-bond donors (Lipinski definition) is 2. The second-order valence-corrected chi connectivity index (χ2v) is 3.78. The summed E-state index contributed by atoms with van der Waals surface area (Å²) in [6, 6.07) is 5.75. The quantitative estimate of drug-likeness (QED) is 0.874. The number of aromatic nitrogens is 1. The molecule has 0 spiro atoms. The fraction of sp³-hybridized carbons (Fsp3) is 0.154. The highest BCUT2D eigenvalue weighted by atomic mass is 16.5. The van der Waals surface area contributed by atoms with Gasteiger partial charge >= 0.3 is 11.9 Å². The number of hydrogen-bond acceptors (Lipinski definition) is 4. The molecule has 0 saturated carbocycles. The lowest BCUT2D eigenvalue weighted by molar-refractivity contribution is 0.0691. The zero-order valence-corrected chi connectivity index (χ0v) is 10.1. The van der Waals surface area contributed by atoms with Gasteiger partial charge in [-0.2, -0.15) is 0 Å². The van der Waals surface area contributed by atoms with Gasteiger partial charge in [-0.1, -0.05) is 0 Å². The average Bonchev–Trinajstić information content (AvgIpc) is 2.37. The molecule has 0 saturated heterocycles. The Hall–Kier alpha value is -2.63. The summed E-state index contributed by atoms with van der Waals surface area (Å²) in [5, 5.41) is 18.4. The molecule has 0 aliphatic carbocycles. The zero-order valence-electron chi connectivity index (χ0n) is 10.1. The normalized spacial score (nSPS) is 10.4. The smallest absolute Gasteiger partial charge is 0.354 e. The van der Waals surface area contributed by atoms with Gasteiger partial charge < -0.3 is 14.9 Å². The van der Waals surface area contributed by atoms with Gasteiger partial charge in [-0.3, -0.25) is 0 Å². The Balaban J connectivity index is 2.72.